The van der Waals surface area contributed by atoms with E-state index in [1.165, 1.54) is 13.3 Å². The minimum absolute atomic E-state index is 0.149. The van der Waals surface area contributed by atoms with E-state index >= 15 is 0 Å². The van der Waals surface area contributed by atoms with Crippen molar-refractivity contribution >= 4 is 28.4 Å². The van der Waals surface area contributed by atoms with Crippen LogP contribution in [-0.2, 0) is 4.74 Å². The van der Waals surface area contributed by atoms with E-state index in [9.17, 15) is 9.90 Å². The molecule has 1 aromatic carbocycles. The Morgan fingerprint density at radius 2 is 1.96 bits per heavy atom. The summed E-state index contributed by atoms with van der Waals surface area (Å²) >= 11 is 0. The van der Waals surface area contributed by atoms with Gasteiger partial charge in [-0.05, 0) is 37.3 Å². The molecule has 0 aliphatic carbocycles. The van der Waals surface area contributed by atoms with Crippen molar-refractivity contribution < 1.29 is 19.4 Å². The predicted octanol–water partition coefficient (Wildman–Crippen LogP) is 3.26. The summed E-state index contributed by atoms with van der Waals surface area (Å²) in [5.74, 6) is 0.0578. The van der Waals surface area contributed by atoms with Gasteiger partial charge in [-0.3, -0.25) is 4.98 Å². The summed E-state index contributed by atoms with van der Waals surface area (Å²) in [6.07, 6.45) is 1.46. The number of methoxy groups -OCH3 is 1. The second-order valence-electron chi connectivity index (χ2n) is 5.16. The Hall–Kier alpha value is -3.35. The number of aromatic nitrogens is 2. The third-order valence-corrected chi connectivity index (χ3v) is 3.53. The van der Waals surface area contributed by atoms with Crippen LogP contribution in [0.2, 0.25) is 0 Å². The summed E-state index contributed by atoms with van der Waals surface area (Å²) in [4.78, 5) is 21.0. The van der Waals surface area contributed by atoms with Crippen molar-refractivity contribution in [3.63, 3.8) is 0 Å². The molecule has 0 fully saturated rings. The van der Waals surface area contributed by atoms with Crippen LogP contribution < -0.4 is 10.1 Å². The lowest BCUT2D eigenvalue weighted by molar-refractivity contribution is 0.0527. The van der Waals surface area contributed by atoms with Gasteiger partial charge in [-0.1, -0.05) is 0 Å². The summed E-state index contributed by atoms with van der Waals surface area (Å²) in [6.45, 7) is 1.99. The summed E-state index contributed by atoms with van der Waals surface area (Å²) in [5.41, 5.74) is 2.50. The van der Waals surface area contributed by atoms with Gasteiger partial charge in [0.05, 0.1) is 24.9 Å². The number of benzene rings is 1. The van der Waals surface area contributed by atoms with E-state index in [0.29, 0.717) is 28.3 Å². The van der Waals surface area contributed by atoms with Crippen molar-refractivity contribution in [2.45, 2.75) is 6.92 Å². The summed E-state index contributed by atoms with van der Waals surface area (Å²) in [7, 11) is 1.52. The number of carbonyl (C=O) groups excluding carboxylic acids is 1. The molecule has 3 rings (SSSR count). The van der Waals surface area contributed by atoms with Crippen LogP contribution in [0.3, 0.4) is 0 Å². The van der Waals surface area contributed by atoms with Crippen LogP contribution in [0.4, 0.5) is 11.4 Å². The highest BCUT2D eigenvalue weighted by atomic mass is 16.5. The quantitative estimate of drug-likeness (QED) is 0.544. The number of aromatic hydroxyl groups is 1. The van der Waals surface area contributed by atoms with E-state index in [1.807, 2.05) is 0 Å². The molecule has 2 heterocycles. The molecule has 0 amide bonds. The van der Waals surface area contributed by atoms with Gasteiger partial charge in [-0.2, -0.15) is 0 Å². The highest BCUT2D eigenvalue weighted by Crippen LogP contribution is 2.30. The van der Waals surface area contributed by atoms with Crippen LogP contribution in [0.5, 0.6) is 11.6 Å². The summed E-state index contributed by atoms with van der Waals surface area (Å²) in [6, 6.07) is 9.93. The van der Waals surface area contributed by atoms with Crippen LogP contribution in [0.25, 0.3) is 11.0 Å². The Kier molecular flexibility index (Phi) is 4.65. The maximum atomic E-state index is 12.3. The van der Waals surface area contributed by atoms with Crippen LogP contribution in [0, 0.1) is 0 Å². The molecule has 0 aliphatic rings. The number of nitrogens with zero attached hydrogens (tertiary/aromatic N) is 2. The largest absolute Gasteiger partial charge is 0.508 e. The van der Waals surface area contributed by atoms with Crippen LogP contribution in [0.15, 0.2) is 42.6 Å². The average Bonchev–Trinajstić information content (AvgIpc) is 2.63. The van der Waals surface area contributed by atoms with Crippen molar-refractivity contribution in [2.24, 2.45) is 0 Å². The Bertz CT molecular complexity index is 910. The average molecular weight is 339 g/mol. The number of ether oxygens (including phenoxy) is 2. The highest BCUT2D eigenvalue weighted by molar-refractivity contribution is 6.04. The number of pyridine rings is 2. The third-order valence-electron chi connectivity index (χ3n) is 3.53. The van der Waals surface area contributed by atoms with Gasteiger partial charge in [-0.25, -0.2) is 9.78 Å². The number of rotatable bonds is 5. The van der Waals surface area contributed by atoms with E-state index in [2.05, 4.69) is 15.3 Å². The zero-order chi connectivity index (χ0) is 17.8. The maximum Gasteiger partial charge on any atom is 0.341 e. The minimum atomic E-state index is -0.497. The van der Waals surface area contributed by atoms with Gasteiger partial charge in [-0.15, -0.1) is 0 Å². The summed E-state index contributed by atoms with van der Waals surface area (Å²) in [5, 5.41) is 12.6. The van der Waals surface area contributed by atoms with E-state index in [-0.39, 0.29) is 17.9 Å². The SMILES string of the molecule is CCOC(=O)c1cnc2ccc(OC)nc2c1Nc1ccc(O)cc1. The lowest BCUT2D eigenvalue weighted by atomic mass is 10.1. The normalized spacial score (nSPS) is 10.5. The standard InChI is InChI=1S/C18H17N3O4/c1-3-25-18(23)13-10-19-14-8-9-15(24-2)21-17(14)16(13)20-11-4-6-12(22)7-5-11/h4-10,22H,3H2,1-2H3,(H,19,20). The number of fused-ring (bicyclic) bond motifs is 1. The van der Waals surface area contributed by atoms with Crippen molar-refractivity contribution in [1.82, 2.24) is 9.97 Å². The second kappa shape index (κ2) is 7.04. The third kappa shape index (κ3) is 3.45. The number of nitrogens with one attached hydrogen (secondary N) is 1. The van der Waals surface area contributed by atoms with E-state index in [1.54, 1.807) is 43.3 Å². The zero-order valence-electron chi connectivity index (χ0n) is 13.8. The fourth-order valence-electron chi connectivity index (χ4n) is 2.34. The molecule has 0 saturated heterocycles. The Morgan fingerprint density at radius 3 is 2.64 bits per heavy atom. The first-order chi connectivity index (χ1) is 12.1. The number of hydrogen-bond acceptors (Lipinski definition) is 7. The summed E-state index contributed by atoms with van der Waals surface area (Å²) < 4.78 is 10.3. The molecule has 3 aromatic rings. The van der Waals surface area contributed by atoms with Crippen molar-refractivity contribution in [2.75, 3.05) is 19.0 Å². The monoisotopic (exact) mass is 339 g/mol. The molecular formula is C18H17N3O4. The molecular weight excluding hydrogens is 322 g/mol. The van der Waals surface area contributed by atoms with Crippen molar-refractivity contribution in [3.05, 3.63) is 48.2 Å². The molecule has 0 spiro atoms. The number of carbonyl (C=O) groups is 1. The molecule has 7 nitrogen and oxygen atoms in total. The van der Waals surface area contributed by atoms with Crippen LogP contribution >= 0.6 is 0 Å². The molecule has 7 heteroatoms. The molecule has 0 saturated carbocycles. The number of phenols is 1. The molecule has 0 bridgehead atoms. The number of hydrogen-bond donors (Lipinski definition) is 2. The molecule has 2 aromatic heterocycles. The number of phenolic OH excluding ortho intramolecular Hbond substituents is 1. The van der Waals surface area contributed by atoms with Crippen molar-refractivity contribution in [3.8, 4) is 11.6 Å². The van der Waals surface area contributed by atoms with Gasteiger partial charge in [0.2, 0.25) is 5.88 Å². The molecule has 25 heavy (non-hydrogen) atoms. The van der Waals surface area contributed by atoms with Gasteiger partial charge < -0.3 is 19.9 Å². The maximum absolute atomic E-state index is 12.3. The van der Waals surface area contributed by atoms with Crippen LogP contribution in [0.1, 0.15) is 17.3 Å². The molecule has 0 radical (unpaired) electrons. The topological polar surface area (TPSA) is 93.6 Å². The van der Waals surface area contributed by atoms with E-state index in [4.69, 9.17) is 9.47 Å². The molecule has 2 N–H and O–H groups in total. The Labute approximate surface area is 144 Å². The molecule has 0 atom stereocenters. The number of anilines is 2. The van der Waals surface area contributed by atoms with Gasteiger partial charge >= 0.3 is 5.97 Å². The van der Waals surface area contributed by atoms with Gasteiger partial charge in [0.1, 0.15) is 16.8 Å². The first-order valence-electron chi connectivity index (χ1n) is 7.69. The first-order valence-corrected chi connectivity index (χ1v) is 7.69. The molecule has 0 aliphatic heterocycles. The Balaban J connectivity index is 2.16. The smallest absolute Gasteiger partial charge is 0.341 e. The van der Waals surface area contributed by atoms with Crippen molar-refractivity contribution in [1.29, 1.82) is 0 Å². The van der Waals surface area contributed by atoms with Crippen LogP contribution in [-0.4, -0.2) is 34.8 Å². The lowest BCUT2D eigenvalue weighted by Crippen LogP contribution is -2.10. The molecule has 0 unspecified atom stereocenters. The van der Waals surface area contributed by atoms with E-state index in [0.717, 1.165) is 0 Å². The highest BCUT2D eigenvalue weighted by Gasteiger charge is 2.18. The zero-order valence-corrected chi connectivity index (χ0v) is 13.8. The second-order valence-corrected chi connectivity index (χ2v) is 5.16. The van der Waals surface area contributed by atoms with Gasteiger partial charge in [0.25, 0.3) is 0 Å². The predicted molar refractivity (Wildman–Crippen MR) is 93.4 cm³/mol. The number of esters is 1. The van der Waals surface area contributed by atoms with Gasteiger partial charge in [0, 0.05) is 18.0 Å². The molecule has 128 valence electrons. The first kappa shape index (κ1) is 16.5. The van der Waals surface area contributed by atoms with Gasteiger partial charge in [0.15, 0.2) is 0 Å². The van der Waals surface area contributed by atoms with E-state index < -0.39 is 5.97 Å². The minimum Gasteiger partial charge on any atom is -0.508 e. The fourth-order valence-corrected chi connectivity index (χ4v) is 2.34. The Morgan fingerprint density at radius 1 is 1.20 bits per heavy atom. The lowest BCUT2D eigenvalue weighted by Gasteiger charge is -2.14. The fraction of sp³-hybridized carbons (Fsp3) is 0.167.